The summed E-state index contributed by atoms with van der Waals surface area (Å²) in [4.78, 5) is 0. The molecule has 1 aromatic rings. The maximum absolute atomic E-state index is 9.74. The first kappa shape index (κ1) is 14.2. The van der Waals surface area contributed by atoms with Gasteiger partial charge in [0.25, 0.3) is 0 Å². The van der Waals surface area contributed by atoms with Crippen molar-refractivity contribution in [2.75, 3.05) is 25.2 Å². The van der Waals surface area contributed by atoms with Crippen molar-refractivity contribution in [1.82, 2.24) is 5.32 Å². The Morgan fingerprint density at radius 3 is 2.88 bits per heavy atom. The second-order valence-electron chi connectivity index (χ2n) is 3.72. The summed E-state index contributed by atoms with van der Waals surface area (Å²) in [6, 6.07) is 5.40. The zero-order valence-electron chi connectivity index (χ0n) is 10.5. The lowest BCUT2D eigenvalue weighted by molar-refractivity contribution is 0.406. The number of benzene rings is 1. The number of phenols is 1. The van der Waals surface area contributed by atoms with Crippen molar-refractivity contribution >= 4 is 11.8 Å². The van der Waals surface area contributed by atoms with E-state index in [1.54, 1.807) is 13.2 Å². The Morgan fingerprint density at radius 2 is 2.24 bits per heavy atom. The van der Waals surface area contributed by atoms with E-state index >= 15 is 0 Å². The van der Waals surface area contributed by atoms with Crippen LogP contribution in [0.4, 0.5) is 0 Å². The van der Waals surface area contributed by atoms with Crippen LogP contribution in [0.25, 0.3) is 0 Å². The molecule has 0 unspecified atom stereocenters. The first-order valence-corrected chi connectivity index (χ1v) is 7.07. The van der Waals surface area contributed by atoms with Crippen molar-refractivity contribution in [3.63, 3.8) is 0 Å². The molecule has 0 heterocycles. The van der Waals surface area contributed by atoms with E-state index in [0.29, 0.717) is 18.0 Å². The van der Waals surface area contributed by atoms with Crippen molar-refractivity contribution in [2.24, 2.45) is 0 Å². The Balaban J connectivity index is 2.27. The number of hydrogen-bond acceptors (Lipinski definition) is 4. The lowest BCUT2D eigenvalue weighted by Gasteiger charge is -2.08. The van der Waals surface area contributed by atoms with Crippen molar-refractivity contribution in [3.8, 4) is 11.5 Å². The molecule has 0 spiro atoms. The second kappa shape index (κ2) is 8.25. The molecule has 0 aliphatic heterocycles. The van der Waals surface area contributed by atoms with Gasteiger partial charge in [-0.25, -0.2) is 0 Å². The highest BCUT2D eigenvalue weighted by Gasteiger charge is 2.02. The van der Waals surface area contributed by atoms with Crippen LogP contribution in [0.5, 0.6) is 11.5 Å². The summed E-state index contributed by atoms with van der Waals surface area (Å²) in [5, 5.41) is 13.1. The summed E-state index contributed by atoms with van der Waals surface area (Å²) in [6.45, 7) is 3.86. The summed E-state index contributed by atoms with van der Waals surface area (Å²) in [5.41, 5.74) is 0.911. The van der Waals surface area contributed by atoms with Gasteiger partial charge in [0.1, 0.15) is 11.5 Å². The van der Waals surface area contributed by atoms with E-state index < -0.39 is 0 Å². The van der Waals surface area contributed by atoms with Crippen LogP contribution in [0.2, 0.25) is 0 Å². The molecule has 1 aromatic carbocycles. The zero-order chi connectivity index (χ0) is 12.5. The van der Waals surface area contributed by atoms with E-state index in [9.17, 15) is 5.11 Å². The van der Waals surface area contributed by atoms with Crippen LogP contribution >= 0.6 is 11.8 Å². The summed E-state index contributed by atoms with van der Waals surface area (Å²) < 4.78 is 5.04. The maximum atomic E-state index is 9.74. The Hall–Kier alpha value is -0.870. The van der Waals surface area contributed by atoms with E-state index in [1.807, 2.05) is 23.9 Å². The second-order valence-corrected chi connectivity index (χ2v) is 5.12. The lowest BCUT2D eigenvalue weighted by atomic mass is 10.2. The molecular formula is C13H21NO2S. The molecule has 0 fully saturated rings. The van der Waals surface area contributed by atoms with E-state index in [-0.39, 0.29) is 0 Å². The van der Waals surface area contributed by atoms with Gasteiger partial charge in [0.05, 0.1) is 7.11 Å². The fraction of sp³-hybridized carbons (Fsp3) is 0.538. The summed E-state index contributed by atoms with van der Waals surface area (Å²) in [6.07, 6.45) is 1.16. The number of methoxy groups -OCH3 is 1. The molecule has 0 amide bonds. The zero-order valence-corrected chi connectivity index (χ0v) is 11.3. The van der Waals surface area contributed by atoms with Crippen molar-refractivity contribution in [3.05, 3.63) is 23.8 Å². The smallest absolute Gasteiger partial charge is 0.123 e. The summed E-state index contributed by atoms with van der Waals surface area (Å²) in [7, 11) is 1.60. The van der Waals surface area contributed by atoms with Gasteiger partial charge in [-0.1, -0.05) is 13.0 Å². The van der Waals surface area contributed by atoms with Crippen molar-refractivity contribution in [2.45, 2.75) is 19.9 Å². The van der Waals surface area contributed by atoms with E-state index in [2.05, 4.69) is 12.2 Å². The molecule has 0 saturated heterocycles. The summed E-state index contributed by atoms with van der Waals surface area (Å²) >= 11 is 1.96. The Kier molecular flexibility index (Phi) is 6.89. The number of hydrogen-bond donors (Lipinski definition) is 2. The van der Waals surface area contributed by atoms with Gasteiger partial charge in [-0.15, -0.1) is 0 Å². The van der Waals surface area contributed by atoms with Crippen molar-refractivity contribution in [1.29, 1.82) is 0 Å². The molecule has 2 N–H and O–H groups in total. The van der Waals surface area contributed by atoms with Gasteiger partial charge in [0.15, 0.2) is 0 Å². The average molecular weight is 255 g/mol. The van der Waals surface area contributed by atoms with Crippen LogP contribution in [0.1, 0.15) is 18.9 Å². The molecule has 17 heavy (non-hydrogen) atoms. The monoisotopic (exact) mass is 255 g/mol. The van der Waals surface area contributed by atoms with Crippen molar-refractivity contribution < 1.29 is 9.84 Å². The van der Waals surface area contributed by atoms with Gasteiger partial charge in [0, 0.05) is 18.2 Å². The van der Waals surface area contributed by atoms with Gasteiger partial charge in [-0.05, 0) is 30.5 Å². The van der Waals surface area contributed by atoms with Crippen LogP contribution < -0.4 is 10.1 Å². The SMILES string of the molecule is CCSCCCNCc1ccc(OC)cc1O. The summed E-state index contributed by atoms with van der Waals surface area (Å²) in [5.74, 6) is 3.35. The minimum atomic E-state index is 0.291. The molecular weight excluding hydrogens is 234 g/mol. The number of nitrogens with one attached hydrogen (secondary N) is 1. The normalized spacial score (nSPS) is 10.5. The third-order valence-corrected chi connectivity index (χ3v) is 3.44. The van der Waals surface area contributed by atoms with Crippen LogP contribution in [0.3, 0.4) is 0 Å². The molecule has 1 rings (SSSR count). The highest BCUT2D eigenvalue weighted by molar-refractivity contribution is 7.99. The van der Waals surface area contributed by atoms with Crippen LogP contribution in [-0.4, -0.2) is 30.3 Å². The van der Waals surface area contributed by atoms with E-state index in [4.69, 9.17) is 4.74 Å². The number of rotatable bonds is 8. The largest absolute Gasteiger partial charge is 0.507 e. The predicted octanol–water partition coefficient (Wildman–Crippen LogP) is 2.63. The van der Waals surface area contributed by atoms with Gasteiger partial charge >= 0.3 is 0 Å². The first-order chi connectivity index (χ1) is 8.27. The number of ether oxygens (including phenoxy) is 1. The minimum absolute atomic E-state index is 0.291. The number of phenolic OH excluding ortho intramolecular Hbond substituents is 1. The predicted molar refractivity (Wildman–Crippen MR) is 74.0 cm³/mol. The molecule has 3 nitrogen and oxygen atoms in total. The van der Waals surface area contributed by atoms with Gasteiger partial charge in [-0.3, -0.25) is 0 Å². The number of aromatic hydroxyl groups is 1. The minimum Gasteiger partial charge on any atom is -0.507 e. The Morgan fingerprint density at radius 1 is 1.41 bits per heavy atom. The van der Waals surface area contributed by atoms with Crippen LogP contribution in [0.15, 0.2) is 18.2 Å². The lowest BCUT2D eigenvalue weighted by Crippen LogP contribution is -2.15. The van der Waals surface area contributed by atoms with Crippen LogP contribution in [0, 0.1) is 0 Å². The van der Waals surface area contributed by atoms with Gasteiger partial charge in [0.2, 0.25) is 0 Å². The Labute approximate surface area is 108 Å². The fourth-order valence-electron chi connectivity index (χ4n) is 1.49. The Bertz CT molecular complexity index is 331. The van der Waals surface area contributed by atoms with E-state index in [1.165, 1.54) is 11.5 Å². The molecule has 0 bridgehead atoms. The maximum Gasteiger partial charge on any atom is 0.123 e. The highest BCUT2D eigenvalue weighted by atomic mass is 32.2. The third kappa shape index (κ3) is 5.33. The van der Waals surface area contributed by atoms with Gasteiger partial charge in [-0.2, -0.15) is 11.8 Å². The molecule has 96 valence electrons. The third-order valence-electron chi connectivity index (χ3n) is 2.45. The highest BCUT2D eigenvalue weighted by Crippen LogP contribution is 2.22. The fourth-order valence-corrected chi connectivity index (χ4v) is 2.12. The van der Waals surface area contributed by atoms with Gasteiger partial charge < -0.3 is 15.2 Å². The first-order valence-electron chi connectivity index (χ1n) is 5.92. The molecule has 0 aliphatic carbocycles. The van der Waals surface area contributed by atoms with E-state index in [0.717, 1.165) is 18.5 Å². The number of thioether (sulfide) groups is 1. The molecule has 0 atom stereocenters. The topological polar surface area (TPSA) is 41.5 Å². The molecule has 0 aliphatic rings. The molecule has 0 radical (unpaired) electrons. The quantitative estimate of drug-likeness (QED) is 0.701. The standard InChI is InChI=1S/C13H21NO2S/c1-3-17-8-4-7-14-10-11-5-6-12(16-2)9-13(11)15/h5-6,9,14-15H,3-4,7-8,10H2,1-2H3. The van der Waals surface area contributed by atoms with Crippen LogP contribution in [-0.2, 0) is 6.54 Å². The average Bonchev–Trinajstić information content (AvgIpc) is 2.35. The molecule has 4 heteroatoms. The molecule has 0 saturated carbocycles. The molecule has 0 aromatic heterocycles.